The van der Waals surface area contributed by atoms with Crippen molar-refractivity contribution in [2.45, 2.75) is 25.8 Å². The number of furan rings is 1. The number of halogens is 2. The molecule has 0 aliphatic carbocycles. The van der Waals surface area contributed by atoms with Gasteiger partial charge in [0.15, 0.2) is 22.9 Å². The number of carbonyl (C=O) groups excluding carboxylic acids is 1. The van der Waals surface area contributed by atoms with Gasteiger partial charge in [-0.2, -0.15) is 0 Å². The molecule has 0 saturated carbocycles. The highest BCUT2D eigenvalue weighted by molar-refractivity contribution is 6.09. The van der Waals surface area contributed by atoms with E-state index in [9.17, 15) is 13.6 Å². The van der Waals surface area contributed by atoms with Gasteiger partial charge in [0.1, 0.15) is 11.4 Å². The van der Waals surface area contributed by atoms with Crippen LogP contribution in [0.3, 0.4) is 0 Å². The summed E-state index contributed by atoms with van der Waals surface area (Å²) >= 11 is 0. The summed E-state index contributed by atoms with van der Waals surface area (Å²) in [6.07, 6.45) is 2.60. The Morgan fingerprint density at radius 2 is 2.16 bits per heavy atom. The molecule has 0 N–H and O–H groups in total. The molecule has 1 aliphatic heterocycles. The van der Waals surface area contributed by atoms with Gasteiger partial charge in [-0.3, -0.25) is 9.78 Å². The van der Waals surface area contributed by atoms with Crippen molar-refractivity contribution in [3.05, 3.63) is 69.1 Å². The summed E-state index contributed by atoms with van der Waals surface area (Å²) in [5.41, 5.74) is 9.13. The first-order chi connectivity index (χ1) is 15.4. The molecule has 0 radical (unpaired) electrons. The van der Waals surface area contributed by atoms with Gasteiger partial charge in [0.05, 0.1) is 19.9 Å². The number of carbonyl (C=O) groups is 1. The van der Waals surface area contributed by atoms with Gasteiger partial charge in [-0.15, -0.1) is 0 Å². The minimum absolute atomic E-state index is 0.0273. The van der Waals surface area contributed by atoms with Gasteiger partial charge < -0.3 is 13.9 Å². The number of azide groups is 1. The van der Waals surface area contributed by atoms with E-state index in [2.05, 4.69) is 15.0 Å². The number of fused-ring (bicyclic) bond motifs is 1. The fourth-order valence-corrected chi connectivity index (χ4v) is 3.89. The van der Waals surface area contributed by atoms with Crippen molar-refractivity contribution >= 4 is 16.8 Å². The second-order valence-corrected chi connectivity index (χ2v) is 7.65. The monoisotopic (exact) mass is 442 g/mol. The third kappa shape index (κ3) is 4.02. The maximum absolute atomic E-state index is 14.6. The molecule has 3 heterocycles. The molecule has 3 aromatic rings. The van der Waals surface area contributed by atoms with Gasteiger partial charge in [-0.25, -0.2) is 8.78 Å². The second-order valence-electron chi connectivity index (χ2n) is 7.65. The number of hydrogen-bond donors (Lipinski definition) is 0. The van der Waals surface area contributed by atoms with E-state index < -0.39 is 23.0 Å². The van der Waals surface area contributed by atoms with Crippen LogP contribution in [0.15, 0.2) is 33.9 Å². The Bertz CT molecular complexity index is 1240. The number of methoxy groups -OCH3 is 1. The summed E-state index contributed by atoms with van der Waals surface area (Å²) in [6, 6.07) is 4.17. The van der Waals surface area contributed by atoms with Crippen molar-refractivity contribution in [1.29, 1.82) is 0 Å². The van der Waals surface area contributed by atoms with Crippen molar-refractivity contribution in [2.75, 3.05) is 20.3 Å². The van der Waals surface area contributed by atoms with E-state index in [4.69, 9.17) is 19.4 Å². The van der Waals surface area contributed by atoms with Crippen LogP contribution in [-0.2, 0) is 11.2 Å². The largest absolute Gasteiger partial charge is 0.494 e. The molecule has 4 rings (SSSR count). The lowest BCUT2D eigenvalue weighted by Gasteiger charge is -2.27. The summed E-state index contributed by atoms with van der Waals surface area (Å²) < 4.78 is 45.2. The topological polar surface area (TPSA) is 110 Å². The van der Waals surface area contributed by atoms with E-state index in [-0.39, 0.29) is 29.0 Å². The molecule has 166 valence electrons. The number of ether oxygens (including phenoxy) is 2. The quantitative estimate of drug-likeness (QED) is 0.233. The Morgan fingerprint density at radius 3 is 2.91 bits per heavy atom. The fourth-order valence-electron chi connectivity index (χ4n) is 3.89. The van der Waals surface area contributed by atoms with Gasteiger partial charge in [-0.1, -0.05) is 5.11 Å². The number of pyridine rings is 1. The molecule has 0 unspecified atom stereocenters. The Morgan fingerprint density at radius 1 is 1.34 bits per heavy atom. The maximum Gasteiger partial charge on any atom is 0.234 e. The minimum Gasteiger partial charge on any atom is -0.494 e. The van der Waals surface area contributed by atoms with Crippen LogP contribution in [0.5, 0.6) is 5.75 Å². The predicted octanol–water partition coefficient (Wildman–Crippen LogP) is 4.91. The first-order valence-corrected chi connectivity index (χ1v) is 10.0. The Balaban J connectivity index is 1.65. The summed E-state index contributed by atoms with van der Waals surface area (Å²) in [5.74, 6) is -3.44. The van der Waals surface area contributed by atoms with Gasteiger partial charge in [0.2, 0.25) is 5.78 Å². The van der Waals surface area contributed by atoms with E-state index in [1.54, 1.807) is 6.07 Å². The molecule has 2 atom stereocenters. The van der Waals surface area contributed by atoms with E-state index in [0.29, 0.717) is 42.7 Å². The lowest BCUT2D eigenvalue weighted by molar-refractivity contribution is 0.0420. The Hall–Kier alpha value is -3.49. The lowest BCUT2D eigenvalue weighted by atomic mass is 9.91. The first-order valence-electron chi connectivity index (χ1n) is 10.0. The van der Waals surface area contributed by atoms with Crippen molar-refractivity contribution in [3.8, 4) is 5.75 Å². The van der Waals surface area contributed by atoms with E-state index in [1.165, 1.54) is 32.4 Å². The molecule has 1 fully saturated rings. The molecule has 0 amide bonds. The number of hydrogen-bond acceptors (Lipinski definition) is 6. The van der Waals surface area contributed by atoms with Crippen LogP contribution in [0.2, 0.25) is 0 Å². The second kappa shape index (κ2) is 8.94. The van der Waals surface area contributed by atoms with Gasteiger partial charge in [0.25, 0.3) is 0 Å². The van der Waals surface area contributed by atoms with Gasteiger partial charge in [-0.05, 0) is 55.0 Å². The summed E-state index contributed by atoms with van der Waals surface area (Å²) in [5, 5.41) is 4.42. The molecule has 0 spiro atoms. The molecule has 8 nitrogen and oxygen atoms in total. The molecule has 1 aromatic carbocycles. The van der Waals surface area contributed by atoms with Crippen molar-refractivity contribution in [3.63, 3.8) is 0 Å². The van der Waals surface area contributed by atoms with Crippen molar-refractivity contribution in [2.24, 2.45) is 11.0 Å². The van der Waals surface area contributed by atoms with Crippen LogP contribution in [0, 0.1) is 24.5 Å². The molecule has 10 heteroatoms. The van der Waals surface area contributed by atoms with Gasteiger partial charge in [0, 0.05) is 28.6 Å². The molecule has 1 aliphatic rings. The summed E-state index contributed by atoms with van der Waals surface area (Å²) in [7, 11) is 1.24. The maximum atomic E-state index is 14.6. The van der Waals surface area contributed by atoms with E-state index in [0.717, 1.165) is 0 Å². The van der Waals surface area contributed by atoms with Crippen molar-refractivity contribution in [1.82, 2.24) is 4.98 Å². The van der Waals surface area contributed by atoms with Crippen LogP contribution in [0.1, 0.15) is 33.8 Å². The smallest absolute Gasteiger partial charge is 0.234 e. The summed E-state index contributed by atoms with van der Waals surface area (Å²) in [6.45, 7) is 2.41. The van der Waals surface area contributed by atoms with Crippen LogP contribution < -0.4 is 4.74 Å². The zero-order chi connectivity index (χ0) is 22.8. The number of ketones is 1. The zero-order valence-corrected chi connectivity index (χ0v) is 17.5. The lowest BCUT2D eigenvalue weighted by Crippen LogP contribution is -2.32. The fraction of sp³-hybridized carbons (Fsp3) is 0.364. The average molecular weight is 442 g/mol. The van der Waals surface area contributed by atoms with E-state index >= 15 is 0 Å². The van der Waals surface area contributed by atoms with Crippen LogP contribution in [0.4, 0.5) is 8.78 Å². The standard InChI is InChI=1S/C22H20F2N4O4/c1-11-5-16(30-2)21(24)19(20(11)23)22(29)17-8-12-6-14(26-9-18(12)32-17)7-13-10-31-4-3-15(13)27-28-25/h5-6,8-9,13,15H,3-4,7,10H2,1-2H3/t13-,15+/m1/s1. The number of aromatic nitrogens is 1. The molecule has 0 bridgehead atoms. The Kier molecular flexibility index (Phi) is 6.07. The van der Waals surface area contributed by atoms with Crippen LogP contribution in [0.25, 0.3) is 21.4 Å². The average Bonchev–Trinajstić information content (AvgIpc) is 3.21. The third-order valence-corrected chi connectivity index (χ3v) is 5.59. The number of rotatable bonds is 6. The third-order valence-electron chi connectivity index (χ3n) is 5.59. The van der Waals surface area contributed by atoms with Crippen LogP contribution >= 0.6 is 0 Å². The molecular formula is C22H20F2N4O4. The normalized spacial score (nSPS) is 18.4. The highest BCUT2D eigenvalue weighted by Gasteiger charge is 2.28. The predicted molar refractivity (Wildman–Crippen MR) is 111 cm³/mol. The van der Waals surface area contributed by atoms with Crippen LogP contribution in [-0.4, -0.2) is 37.1 Å². The number of aryl methyl sites for hydroxylation is 1. The number of benzene rings is 1. The zero-order valence-electron chi connectivity index (χ0n) is 17.5. The van der Waals surface area contributed by atoms with Crippen molar-refractivity contribution < 1.29 is 27.5 Å². The molecule has 32 heavy (non-hydrogen) atoms. The SMILES string of the molecule is COc1cc(C)c(F)c(C(=O)c2cc3cc(C[C@@H]4COCC[C@@H]4N=[N+]=[N-])ncc3o2)c1F. The molecular weight excluding hydrogens is 422 g/mol. The molecule has 2 aromatic heterocycles. The summed E-state index contributed by atoms with van der Waals surface area (Å²) in [4.78, 5) is 20.1. The minimum atomic E-state index is -1.08. The highest BCUT2D eigenvalue weighted by Crippen LogP contribution is 2.30. The van der Waals surface area contributed by atoms with Gasteiger partial charge >= 0.3 is 0 Å². The first kappa shape index (κ1) is 21.7. The van der Waals surface area contributed by atoms with E-state index in [1.807, 2.05) is 0 Å². The molecule has 1 saturated heterocycles. The highest BCUT2D eigenvalue weighted by atomic mass is 19.1. The number of nitrogens with zero attached hydrogens (tertiary/aromatic N) is 4. The Labute approximate surface area is 181 Å².